The molecule has 0 aromatic carbocycles. The van der Waals surface area contributed by atoms with Crippen LogP contribution >= 0.6 is 34.3 Å². The van der Waals surface area contributed by atoms with Gasteiger partial charge in [0.2, 0.25) is 0 Å². The second-order valence-corrected chi connectivity index (χ2v) is 10.1. The van der Waals surface area contributed by atoms with Crippen molar-refractivity contribution < 1.29 is 4.90 Å². The topological polar surface area (TPSA) is 33.5 Å². The highest BCUT2D eigenvalue weighted by atomic mass is 35.5. The molecular weight excluding hydrogens is 384 g/mol. The van der Waals surface area contributed by atoms with E-state index in [1.165, 1.54) is 45.7 Å². The zero-order valence-electron chi connectivity index (χ0n) is 14.8. The fraction of sp³-hybridized carbons (Fsp3) is 0.474. The summed E-state index contributed by atoms with van der Waals surface area (Å²) < 4.78 is 0.892. The van der Waals surface area contributed by atoms with E-state index in [1.54, 1.807) is 21.1 Å². The number of nitrogens with one attached hydrogen (secondary N) is 1. The molecule has 0 amide bonds. The molecule has 4 heterocycles. The van der Waals surface area contributed by atoms with Gasteiger partial charge in [-0.1, -0.05) is 11.6 Å². The average Bonchev–Trinajstić information content (AvgIpc) is 3.31. The van der Waals surface area contributed by atoms with E-state index in [4.69, 9.17) is 21.6 Å². The van der Waals surface area contributed by atoms with Crippen LogP contribution in [0.15, 0.2) is 12.1 Å². The van der Waals surface area contributed by atoms with Crippen LogP contribution in [0.2, 0.25) is 4.34 Å². The summed E-state index contributed by atoms with van der Waals surface area (Å²) in [7, 11) is 0. The van der Waals surface area contributed by atoms with Gasteiger partial charge in [0, 0.05) is 4.88 Å². The van der Waals surface area contributed by atoms with E-state index in [1.807, 2.05) is 24.3 Å². The highest BCUT2D eigenvalue weighted by Gasteiger charge is 2.27. The molecule has 1 fully saturated rings. The largest absolute Gasteiger partial charge is 0.345 e. The number of aryl methyl sites for hydroxylation is 3. The number of piperazine rings is 1. The van der Waals surface area contributed by atoms with E-state index >= 15 is 0 Å². The third-order valence-corrected chi connectivity index (χ3v) is 7.90. The van der Waals surface area contributed by atoms with Gasteiger partial charge in [0.05, 0.1) is 40.8 Å². The number of thiophene rings is 2. The first-order valence-electron chi connectivity index (χ1n) is 9.29. The van der Waals surface area contributed by atoms with E-state index in [0.29, 0.717) is 0 Å². The van der Waals surface area contributed by atoms with Gasteiger partial charge in [-0.25, -0.2) is 9.97 Å². The average molecular weight is 406 g/mol. The van der Waals surface area contributed by atoms with Crippen LogP contribution in [0.25, 0.3) is 10.2 Å². The number of aromatic nitrogens is 2. The number of hydrogen-bond acceptors (Lipinski definition) is 5. The Morgan fingerprint density at radius 3 is 2.77 bits per heavy atom. The number of nitrogens with zero attached hydrogens (tertiary/aromatic N) is 3. The highest BCUT2D eigenvalue weighted by molar-refractivity contribution is 7.19. The molecule has 7 heteroatoms. The maximum Gasteiger partial charge on any atom is 0.141 e. The summed E-state index contributed by atoms with van der Waals surface area (Å²) in [6.45, 7) is 7.51. The second kappa shape index (κ2) is 6.75. The van der Waals surface area contributed by atoms with E-state index < -0.39 is 0 Å². The Labute approximate surface area is 166 Å². The van der Waals surface area contributed by atoms with Crippen molar-refractivity contribution in [1.82, 2.24) is 9.97 Å². The van der Waals surface area contributed by atoms with Crippen molar-refractivity contribution in [2.45, 2.75) is 32.7 Å². The first-order valence-corrected chi connectivity index (χ1v) is 11.3. The molecule has 2 aliphatic rings. The predicted molar refractivity (Wildman–Crippen MR) is 110 cm³/mol. The Morgan fingerprint density at radius 2 is 2.00 bits per heavy atom. The quantitative estimate of drug-likeness (QED) is 0.726. The highest BCUT2D eigenvalue weighted by Crippen LogP contribution is 2.40. The van der Waals surface area contributed by atoms with Crippen LogP contribution in [-0.4, -0.2) is 36.1 Å². The van der Waals surface area contributed by atoms with E-state index in [2.05, 4.69) is 11.0 Å². The summed E-state index contributed by atoms with van der Waals surface area (Å²) in [5.74, 6) is 2.08. The molecule has 3 aromatic heterocycles. The monoisotopic (exact) mass is 405 g/mol. The summed E-state index contributed by atoms with van der Waals surface area (Å²) in [6, 6.07) is 4.17. The fourth-order valence-electron chi connectivity index (χ4n) is 4.21. The van der Waals surface area contributed by atoms with Gasteiger partial charge in [0.25, 0.3) is 0 Å². The van der Waals surface area contributed by atoms with Crippen LogP contribution in [-0.2, 0) is 19.4 Å². The zero-order valence-corrected chi connectivity index (χ0v) is 17.2. The molecule has 1 aliphatic heterocycles. The molecule has 26 heavy (non-hydrogen) atoms. The summed E-state index contributed by atoms with van der Waals surface area (Å²) in [4.78, 5) is 17.9. The van der Waals surface area contributed by atoms with Crippen molar-refractivity contribution >= 4 is 50.3 Å². The molecule has 1 saturated heterocycles. The van der Waals surface area contributed by atoms with Crippen molar-refractivity contribution in [3.8, 4) is 0 Å². The molecular formula is C19H22ClN4S2+. The van der Waals surface area contributed by atoms with Crippen LogP contribution in [0.4, 0.5) is 5.82 Å². The summed E-state index contributed by atoms with van der Waals surface area (Å²) in [5.41, 5.74) is 1.53. The predicted octanol–water partition coefficient (Wildman–Crippen LogP) is 3.11. The normalized spacial score (nSPS) is 18.0. The number of rotatable bonds is 3. The SMILES string of the molecule is Cc1nc(N2CC[NH+](Cc3ccc(Cl)s3)CC2)c2c3c(sc2n1)CCC3. The Bertz CT molecular complexity index is 956. The molecule has 1 aliphatic carbocycles. The van der Waals surface area contributed by atoms with E-state index in [0.717, 1.165) is 42.9 Å². The molecule has 0 spiro atoms. The van der Waals surface area contributed by atoms with Gasteiger partial charge in [-0.05, 0) is 43.9 Å². The number of hydrogen-bond donors (Lipinski definition) is 1. The smallest absolute Gasteiger partial charge is 0.141 e. The van der Waals surface area contributed by atoms with Gasteiger partial charge in [0.1, 0.15) is 23.0 Å². The van der Waals surface area contributed by atoms with Crippen molar-refractivity contribution in [3.05, 3.63) is 37.6 Å². The molecule has 0 radical (unpaired) electrons. The lowest BCUT2D eigenvalue weighted by molar-refractivity contribution is -0.914. The van der Waals surface area contributed by atoms with Gasteiger partial charge in [-0.3, -0.25) is 0 Å². The summed E-state index contributed by atoms with van der Waals surface area (Å²) in [6.07, 6.45) is 3.70. The lowest BCUT2D eigenvalue weighted by Gasteiger charge is -2.33. The minimum atomic E-state index is 0.892. The second-order valence-electron chi connectivity index (χ2n) is 7.25. The Kier molecular flexibility index (Phi) is 4.39. The van der Waals surface area contributed by atoms with Crippen molar-refractivity contribution in [2.75, 3.05) is 31.1 Å². The summed E-state index contributed by atoms with van der Waals surface area (Å²) in [5, 5.41) is 1.35. The third kappa shape index (κ3) is 3.03. The maximum atomic E-state index is 6.08. The zero-order chi connectivity index (χ0) is 17.7. The first kappa shape index (κ1) is 16.9. The van der Waals surface area contributed by atoms with E-state index in [9.17, 15) is 0 Å². The van der Waals surface area contributed by atoms with Crippen molar-refractivity contribution in [1.29, 1.82) is 0 Å². The summed E-state index contributed by atoms with van der Waals surface area (Å²) >= 11 is 9.67. The molecule has 5 rings (SSSR count). The minimum Gasteiger partial charge on any atom is -0.345 e. The van der Waals surface area contributed by atoms with Crippen LogP contribution in [0, 0.1) is 6.92 Å². The fourth-order valence-corrected chi connectivity index (χ4v) is 6.67. The van der Waals surface area contributed by atoms with E-state index in [-0.39, 0.29) is 0 Å². The standard InChI is InChI=1S/C19H21ClN4S2/c1-12-21-18(17-14-3-2-4-15(14)26-19(17)22-12)24-9-7-23(8-10-24)11-13-5-6-16(20)25-13/h5-6H,2-4,7-11H2,1H3/p+1. The van der Waals surface area contributed by atoms with Crippen molar-refractivity contribution in [3.63, 3.8) is 0 Å². The Hall–Kier alpha value is -1.21. The van der Waals surface area contributed by atoms with Gasteiger partial charge in [-0.2, -0.15) is 0 Å². The Balaban J connectivity index is 1.38. The molecule has 3 aromatic rings. The maximum absolute atomic E-state index is 6.08. The first-order chi connectivity index (χ1) is 12.7. The van der Waals surface area contributed by atoms with Gasteiger partial charge in [0.15, 0.2) is 0 Å². The number of fused-ring (bicyclic) bond motifs is 3. The number of quaternary nitrogens is 1. The third-order valence-electron chi connectivity index (χ3n) is 5.48. The molecule has 0 saturated carbocycles. The number of halogens is 1. The van der Waals surface area contributed by atoms with Crippen LogP contribution in [0.5, 0.6) is 0 Å². The lowest BCUT2D eigenvalue weighted by Crippen LogP contribution is -3.13. The molecule has 136 valence electrons. The molecule has 0 bridgehead atoms. The van der Waals surface area contributed by atoms with Crippen molar-refractivity contribution in [2.24, 2.45) is 0 Å². The van der Waals surface area contributed by atoms with Crippen LogP contribution in [0.3, 0.4) is 0 Å². The lowest BCUT2D eigenvalue weighted by atomic mass is 10.1. The van der Waals surface area contributed by atoms with Gasteiger partial charge in [-0.15, -0.1) is 22.7 Å². The Morgan fingerprint density at radius 1 is 1.15 bits per heavy atom. The number of anilines is 1. The molecule has 4 nitrogen and oxygen atoms in total. The molecule has 0 unspecified atom stereocenters. The van der Waals surface area contributed by atoms with Gasteiger partial charge < -0.3 is 9.80 Å². The van der Waals surface area contributed by atoms with Gasteiger partial charge >= 0.3 is 0 Å². The molecule has 1 N–H and O–H groups in total. The molecule has 0 atom stereocenters. The minimum absolute atomic E-state index is 0.892. The van der Waals surface area contributed by atoms with Crippen LogP contribution in [0.1, 0.15) is 27.6 Å². The van der Waals surface area contributed by atoms with Crippen LogP contribution < -0.4 is 9.80 Å².